The van der Waals surface area contributed by atoms with Gasteiger partial charge in [0.05, 0.1) is 18.6 Å². The van der Waals surface area contributed by atoms with Crippen LogP contribution in [0.5, 0.6) is 5.75 Å². The summed E-state index contributed by atoms with van der Waals surface area (Å²) in [7, 11) is -0.406. The Kier molecular flexibility index (Phi) is 6.79. The van der Waals surface area contributed by atoms with Crippen molar-refractivity contribution in [3.8, 4) is 5.75 Å². The number of carbonyl (C=O) groups is 2. The maximum Gasteiger partial charge on any atom is 0.258 e. The molecule has 2 amide bonds. The number of sulfonamides is 1. The van der Waals surface area contributed by atoms with Crippen LogP contribution in [0.2, 0.25) is 0 Å². The van der Waals surface area contributed by atoms with Gasteiger partial charge >= 0.3 is 0 Å². The molecular formula is C26H27N3O5S. The van der Waals surface area contributed by atoms with Gasteiger partial charge in [-0.05, 0) is 73.5 Å². The molecule has 1 aliphatic rings. The van der Waals surface area contributed by atoms with Crippen molar-refractivity contribution in [1.82, 2.24) is 0 Å². The molecule has 0 spiro atoms. The van der Waals surface area contributed by atoms with E-state index in [1.165, 1.54) is 17.4 Å². The molecule has 1 aliphatic heterocycles. The van der Waals surface area contributed by atoms with E-state index >= 15 is 0 Å². The molecular weight excluding hydrogens is 466 g/mol. The fourth-order valence-electron chi connectivity index (χ4n) is 3.96. The highest BCUT2D eigenvalue weighted by atomic mass is 32.2. The number of benzene rings is 3. The lowest BCUT2D eigenvalue weighted by Crippen LogP contribution is -2.29. The van der Waals surface area contributed by atoms with Crippen molar-refractivity contribution in [3.63, 3.8) is 0 Å². The largest absolute Gasteiger partial charge is 0.497 e. The van der Waals surface area contributed by atoms with Gasteiger partial charge in [0.15, 0.2) is 0 Å². The summed E-state index contributed by atoms with van der Waals surface area (Å²) in [5, 5.41) is 2.86. The summed E-state index contributed by atoms with van der Waals surface area (Å²) in [5.74, 6) is 0.139. The summed E-state index contributed by atoms with van der Waals surface area (Å²) >= 11 is 0. The predicted octanol–water partition coefficient (Wildman–Crippen LogP) is 3.94. The Bertz CT molecular complexity index is 1370. The summed E-state index contributed by atoms with van der Waals surface area (Å²) < 4.78 is 30.7. The number of rotatable bonds is 7. The molecule has 0 bridgehead atoms. The molecule has 1 N–H and O–H groups in total. The van der Waals surface area contributed by atoms with Crippen molar-refractivity contribution in [1.29, 1.82) is 0 Å². The minimum Gasteiger partial charge on any atom is -0.497 e. The van der Waals surface area contributed by atoms with Crippen LogP contribution in [0.25, 0.3) is 0 Å². The van der Waals surface area contributed by atoms with Crippen LogP contribution in [-0.4, -0.2) is 46.7 Å². The molecule has 0 aliphatic carbocycles. The number of nitrogens with one attached hydrogen (secondary N) is 1. The Morgan fingerprint density at radius 3 is 2.46 bits per heavy atom. The highest BCUT2D eigenvalue weighted by Crippen LogP contribution is 2.32. The molecule has 0 unspecified atom stereocenters. The molecule has 0 saturated carbocycles. The van der Waals surface area contributed by atoms with Crippen molar-refractivity contribution in [2.45, 2.75) is 13.3 Å². The fourth-order valence-corrected chi connectivity index (χ4v) is 4.78. The molecule has 35 heavy (non-hydrogen) atoms. The Balaban J connectivity index is 1.54. The van der Waals surface area contributed by atoms with Crippen LogP contribution < -0.4 is 19.3 Å². The van der Waals surface area contributed by atoms with Gasteiger partial charge in [-0.25, -0.2) is 8.42 Å². The van der Waals surface area contributed by atoms with E-state index in [-0.39, 0.29) is 17.6 Å². The fraction of sp³-hybridized carbons (Fsp3) is 0.231. The van der Waals surface area contributed by atoms with Crippen LogP contribution in [0.1, 0.15) is 33.2 Å². The summed E-state index contributed by atoms with van der Waals surface area (Å²) in [6, 6.07) is 18.9. The van der Waals surface area contributed by atoms with Crippen molar-refractivity contribution in [2.24, 2.45) is 0 Å². The molecule has 0 atom stereocenters. The van der Waals surface area contributed by atoms with Gasteiger partial charge in [-0.3, -0.25) is 13.9 Å². The zero-order valence-electron chi connectivity index (χ0n) is 19.8. The Hall–Kier alpha value is -3.85. The van der Waals surface area contributed by atoms with Gasteiger partial charge in [0.25, 0.3) is 11.8 Å². The molecule has 0 radical (unpaired) electrons. The molecule has 0 saturated heterocycles. The van der Waals surface area contributed by atoms with Crippen molar-refractivity contribution in [3.05, 3.63) is 83.4 Å². The predicted molar refractivity (Wildman–Crippen MR) is 137 cm³/mol. The standard InChI is InChI=1S/C26H27N3O5S/c1-4-35(32,33)28(2)22-7-5-6-20(16-22)25(30)27-21-11-8-18-14-15-29(24(18)17-21)26(31)19-9-12-23(34-3)13-10-19/h5-13,16-17H,4,14-15H2,1-3H3,(H,27,30). The number of nitrogens with zero attached hydrogens (tertiary/aromatic N) is 2. The van der Waals surface area contributed by atoms with E-state index in [2.05, 4.69) is 5.32 Å². The molecule has 8 nitrogen and oxygen atoms in total. The second-order valence-electron chi connectivity index (χ2n) is 8.15. The minimum atomic E-state index is -3.44. The van der Waals surface area contributed by atoms with Crippen LogP contribution in [0.15, 0.2) is 66.7 Å². The third-order valence-corrected chi connectivity index (χ3v) is 7.85. The SMILES string of the molecule is CCS(=O)(=O)N(C)c1cccc(C(=O)Nc2ccc3c(c2)N(C(=O)c2ccc(OC)cc2)CC3)c1. The average Bonchev–Trinajstić information content (AvgIpc) is 3.31. The summed E-state index contributed by atoms with van der Waals surface area (Å²) in [6.07, 6.45) is 0.728. The maximum atomic E-state index is 13.1. The van der Waals surface area contributed by atoms with Crippen LogP contribution in [-0.2, 0) is 16.4 Å². The van der Waals surface area contributed by atoms with Gasteiger partial charge in [0.1, 0.15) is 5.75 Å². The summed E-state index contributed by atoms with van der Waals surface area (Å²) in [5.41, 5.74) is 3.61. The molecule has 4 rings (SSSR count). The van der Waals surface area contributed by atoms with Gasteiger partial charge in [0.2, 0.25) is 10.0 Å². The van der Waals surface area contributed by atoms with Crippen molar-refractivity contribution in [2.75, 3.05) is 41.0 Å². The Morgan fingerprint density at radius 1 is 1.03 bits per heavy atom. The number of hydrogen-bond acceptors (Lipinski definition) is 5. The van der Waals surface area contributed by atoms with Crippen LogP contribution in [0.3, 0.4) is 0 Å². The highest BCUT2D eigenvalue weighted by molar-refractivity contribution is 7.92. The van der Waals surface area contributed by atoms with Gasteiger partial charge in [-0.1, -0.05) is 12.1 Å². The van der Waals surface area contributed by atoms with E-state index in [0.29, 0.717) is 34.8 Å². The van der Waals surface area contributed by atoms with Gasteiger partial charge in [-0.2, -0.15) is 0 Å². The normalized spacial score (nSPS) is 12.7. The van der Waals surface area contributed by atoms with E-state index < -0.39 is 10.0 Å². The first-order chi connectivity index (χ1) is 16.7. The molecule has 9 heteroatoms. The van der Waals surface area contributed by atoms with Crippen LogP contribution in [0.4, 0.5) is 17.1 Å². The molecule has 3 aromatic carbocycles. The Labute approximate surface area is 205 Å². The van der Waals surface area contributed by atoms with E-state index in [9.17, 15) is 18.0 Å². The molecule has 3 aromatic rings. The third kappa shape index (κ3) is 5.00. The highest BCUT2D eigenvalue weighted by Gasteiger charge is 2.26. The van der Waals surface area contributed by atoms with E-state index in [1.807, 2.05) is 6.07 Å². The number of carbonyl (C=O) groups excluding carboxylic acids is 2. The zero-order valence-corrected chi connectivity index (χ0v) is 20.6. The number of methoxy groups -OCH3 is 1. The number of fused-ring (bicyclic) bond motifs is 1. The summed E-state index contributed by atoms with van der Waals surface area (Å²) in [6.45, 7) is 2.12. The van der Waals surface area contributed by atoms with Gasteiger partial charge in [-0.15, -0.1) is 0 Å². The monoisotopic (exact) mass is 493 g/mol. The number of amides is 2. The van der Waals surface area contributed by atoms with Crippen LogP contribution >= 0.6 is 0 Å². The van der Waals surface area contributed by atoms with Gasteiger partial charge in [0, 0.05) is 36.1 Å². The second-order valence-corrected chi connectivity index (χ2v) is 10.4. The molecule has 1 heterocycles. The number of hydrogen-bond donors (Lipinski definition) is 1. The maximum absolute atomic E-state index is 13.1. The second kappa shape index (κ2) is 9.79. The lowest BCUT2D eigenvalue weighted by Gasteiger charge is -2.19. The average molecular weight is 494 g/mol. The first-order valence-electron chi connectivity index (χ1n) is 11.2. The first kappa shape index (κ1) is 24.3. The number of ether oxygens (including phenoxy) is 1. The van der Waals surface area contributed by atoms with Crippen molar-refractivity contribution < 1.29 is 22.7 Å². The number of anilines is 3. The van der Waals surface area contributed by atoms with E-state index in [0.717, 1.165) is 17.7 Å². The smallest absolute Gasteiger partial charge is 0.258 e. The molecule has 0 aromatic heterocycles. The topological polar surface area (TPSA) is 96.0 Å². The van der Waals surface area contributed by atoms with Crippen molar-refractivity contribution >= 4 is 38.9 Å². The van der Waals surface area contributed by atoms with E-state index in [4.69, 9.17) is 4.74 Å². The van der Waals surface area contributed by atoms with Gasteiger partial charge < -0.3 is 15.0 Å². The molecule has 182 valence electrons. The quantitative estimate of drug-likeness (QED) is 0.538. The van der Waals surface area contributed by atoms with E-state index in [1.54, 1.807) is 73.5 Å². The van der Waals surface area contributed by atoms with Crippen LogP contribution in [0, 0.1) is 0 Å². The Morgan fingerprint density at radius 2 is 1.77 bits per heavy atom. The summed E-state index contributed by atoms with van der Waals surface area (Å²) in [4.78, 5) is 27.8. The lowest BCUT2D eigenvalue weighted by atomic mass is 10.1. The molecule has 0 fully saturated rings. The lowest BCUT2D eigenvalue weighted by molar-refractivity contribution is 0.0988. The minimum absolute atomic E-state index is 0.0409. The third-order valence-electron chi connectivity index (χ3n) is 6.07. The zero-order chi connectivity index (χ0) is 25.2. The first-order valence-corrected chi connectivity index (χ1v) is 12.8.